The van der Waals surface area contributed by atoms with E-state index in [9.17, 15) is 9.59 Å². The first-order valence-corrected chi connectivity index (χ1v) is 6.27. The largest absolute Gasteiger partial charge is 0.405 e. The number of benzene rings is 1. The number of hydrogen-bond donors (Lipinski definition) is 0. The van der Waals surface area contributed by atoms with Gasteiger partial charge in [0, 0.05) is 6.42 Å². The first-order chi connectivity index (χ1) is 8.58. The number of hydrogen-bond acceptors (Lipinski definition) is 2. The Balaban J connectivity index is 2.01. The Kier molecular flexibility index (Phi) is 3.70. The Bertz CT molecular complexity index is 459. The first kappa shape index (κ1) is 12.7. The van der Waals surface area contributed by atoms with E-state index in [1.54, 1.807) is 11.3 Å². The van der Waals surface area contributed by atoms with Crippen LogP contribution in [0.15, 0.2) is 18.2 Å². The number of amides is 1. The molecule has 1 aliphatic heterocycles. The van der Waals surface area contributed by atoms with Crippen LogP contribution in [0.2, 0.25) is 0 Å². The lowest BCUT2D eigenvalue weighted by atomic mass is 9.98. The molecule has 1 aromatic carbocycles. The van der Waals surface area contributed by atoms with E-state index in [2.05, 4.69) is 0 Å². The molecule has 1 aromatic rings. The number of nitrogens with zero attached hydrogens (tertiary/aromatic N) is 1. The van der Waals surface area contributed by atoms with E-state index >= 15 is 0 Å². The molecule has 0 N–H and O–H groups in total. The van der Waals surface area contributed by atoms with Crippen molar-refractivity contribution in [1.29, 1.82) is 0 Å². The van der Waals surface area contributed by atoms with Gasteiger partial charge < -0.3 is 0 Å². The number of ketones is 1. The van der Waals surface area contributed by atoms with Crippen LogP contribution in [-0.2, 0) is 16.0 Å². The highest BCUT2D eigenvalue weighted by molar-refractivity contribution is 5.92. The minimum atomic E-state index is -0.00939. The molecule has 1 saturated heterocycles. The Hall–Kier alpha value is -1.77. The van der Waals surface area contributed by atoms with E-state index in [-0.39, 0.29) is 18.2 Å². The summed E-state index contributed by atoms with van der Waals surface area (Å²) in [5, 5.41) is 0. The first-order valence-electron chi connectivity index (χ1n) is 6.27. The van der Waals surface area contributed by atoms with Crippen molar-refractivity contribution in [2.75, 3.05) is 13.1 Å². The van der Waals surface area contributed by atoms with Crippen molar-refractivity contribution >= 4 is 11.7 Å². The summed E-state index contributed by atoms with van der Waals surface area (Å²) >= 11 is 0. The van der Waals surface area contributed by atoms with Crippen molar-refractivity contribution in [1.82, 2.24) is 4.90 Å². The van der Waals surface area contributed by atoms with Crippen molar-refractivity contribution in [3.05, 3.63) is 41.3 Å². The molecule has 0 spiro atoms. The molecule has 94 valence electrons. The highest BCUT2D eigenvalue weighted by Crippen LogP contribution is 2.15. The molecular weight excluding hydrogens is 226 g/mol. The summed E-state index contributed by atoms with van der Waals surface area (Å²) in [6.07, 6.45) is 2.82. The molecular formula is C15H18NO2+. The average molecular weight is 244 g/mol. The van der Waals surface area contributed by atoms with Crippen LogP contribution in [0, 0.1) is 20.3 Å². The minimum Gasteiger partial charge on any atom is -0.297 e. The highest BCUT2D eigenvalue weighted by atomic mass is 16.2. The molecule has 0 aliphatic carbocycles. The summed E-state index contributed by atoms with van der Waals surface area (Å²) in [4.78, 5) is 25.0. The van der Waals surface area contributed by atoms with Crippen LogP contribution in [-0.4, -0.2) is 29.7 Å². The fourth-order valence-electron chi connectivity index (χ4n) is 2.33. The van der Waals surface area contributed by atoms with Gasteiger partial charge in [0.2, 0.25) is 0 Å². The number of aryl methyl sites for hydroxylation is 2. The van der Waals surface area contributed by atoms with Gasteiger partial charge in [0.15, 0.2) is 12.2 Å². The van der Waals surface area contributed by atoms with Gasteiger partial charge in [-0.2, -0.15) is 0 Å². The molecule has 2 rings (SSSR count). The van der Waals surface area contributed by atoms with Crippen LogP contribution in [0.1, 0.15) is 23.1 Å². The third kappa shape index (κ3) is 2.73. The van der Waals surface area contributed by atoms with E-state index in [1.807, 2.05) is 32.0 Å². The van der Waals surface area contributed by atoms with Crippen molar-refractivity contribution in [2.24, 2.45) is 0 Å². The lowest BCUT2D eigenvalue weighted by Crippen LogP contribution is -2.31. The molecule has 18 heavy (non-hydrogen) atoms. The molecule has 1 aliphatic rings. The smallest absolute Gasteiger partial charge is 0.297 e. The molecule has 3 nitrogen and oxygen atoms in total. The SMILES string of the molecule is Cc1cccc(C)c1CC(=O)CN1CC[CH+]C1=O. The minimum absolute atomic E-state index is 0.00939. The molecule has 1 heterocycles. The van der Waals surface area contributed by atoms with Gasteiger partial charge in [-0.1, -0.05) is 18.2 Å². The fourth-order valence-corrected chi connectivity index (χ4v) is 2.33. The van der Waals surface area contributed by atoms with Gasteiger partial charge >= 0.3 is 5.91 Å². The molecule has 0 saturated carbocycles. The zero-order valence-electron chi connectivity index (χ0n) is 10.9. The maximum atomic E-state index is 12.0. The van der Waals surface area contributed by atoms with Gasteiger partial charge in [-0.25, -0.2) is 4.79 Å². The van der Waals surface area contributed by atoms with Gasteiger partial charge in [-0.3, -0.25) is 9.69 Å². The molecule has 0 atom stereocenters. The zero-order chi connectivity index (χ0) is 13.1. The molecule has 0 radical (unpaired) electrons. The van der Waals surface area contributed by atoms with Gasteiger partial charge in [-0.15, -0.1) is 0 Å². The summed E-state index contributed by atoms with van der Waals surface area (Å²) < 4.78 is 0. The van der Waals surface area contributed by atoms with Gasteiger partial charge in [0.25, 0.3) is 0 Å². The lowest BCUT2D eigenvalue weighted by molar-refractivity contribution is -0.130. The molecule has 0 aromatic heterocycles. The molecule has 0 unspecified atom stereocenters. The quantitative estimate of drug-likeness (QED) is 0.758. The molecule has 0 bridgehead atoms. The van der Waals surface area contributed by atoms with Crippen LogP contribution in [0.25, 0.3) is 0 Å². The summed E-state index contributed by atoms with van der Waals surface area (Å²) in [5.41, 5.74) is 3.38. The highest BCUT2D eigenvalue weighted by Gasteiger charge is 2.31. The monoisotopic (exact) mass is 244 g/mol. The van der Waals surface area contributed by atoms with Crippen LogP contribution >= 0.6 is 0 Å². The average Bonchev–Trinajstić information content (AvgIpc) is 2.70. The Morgan fingerprint density at radius 1 is 1.33 bits per heavy atom. The van der Waals surface area contributed by atoms with Crippen LogP contribution in [0.3, 0.4) is 0 Å². The fraction of sp³-hybridized carbons (Fsp3) is 0.400. The maximum absolute atomic E-state index is 12.0. The predicted molar refractivity (Wildman–Crippen MR) is 70.1 cm³/mol. The zero-order valence-corrected chi connectivity index (χ0v) is 10.9. The Morgan fingerprint density at radius 3 is 2.56 bits per heavy atom. The number of likely N-dealkylation sites (tertiary alicyclic amines) is 1. The normalized spacial score (nSPS) is 14.8. The van der Waals surface area contributed by atoms with Crippen molar-refractivity contribution in [2.45, 2.75) is 26.7 Å². The number of rotatable bonds is 4. The number of carbonyl (C=O) groups is 2. The van der Waals surface area contributed by atoms with Gasteiger partial charge in [0.1, 0.15) is 6.42 Å². The van der Waals surface area contributed by atoms with E-state index in [4.69, 9.17) is 0 Å². The summed E-state index contributed by atoms with van der Waals surface area (Å²) in [6.45, 7) is 4.95. The number of carbonyl (C=O) groups excluding carboxylic acids is 2. The van der Waals surface area contributed by atoms with Crippen LogP contribution in [0.5, 0.6) is 0 Å². The topological polar surface area (TPSA) is 37.4 Å². The summed E-state index contributed by atoms with van der Waals surface area (Å²) in [5.74, 6) is 0.0981. The molecule has 1 fully saturated rings. The third-order valence-electron chi connectivity index (χ3n) is 3.42. The standard InChI is InChI=1S/C15H18NO2/c1-11-5-3-6-12(2)14(11)9-13(17)10-16-8-4-7-15(16)18/h3,5-7H,4,8-10H2,1-2H3/q+1. The molecule has 3 heteroatoms. The van der Waals surface area contributed by atoms with Crippen molar-refractivity contribution < 1.29 is 9.59 Å². The summed E-state index contributed by atoms with van der Waals surface area (Å²) in [6, 6.07) is 6.03. The van der Waals surface area contributed by atoms with Crippen molar-refractivity contribution in [3.8, 4) is 0 Å². The van der Waals surface area contributed by atoms with Crippen molar-refractivity contribution in [3.63, 3.8) is 0 Å². The Morgan fingerprint density at radius 2 is 2.00 bits per heavy atom. The lowest BCUT2D eigenvalue weighted by Gasteiger charge is -2.12. The van der Waals surface area contributed by atoms with Crippen LogP contribution in [0.4, 0.5) is 0 Å². The van der Waals surface area contributed by atoms with Crippen LogP contribution < -0.4 is 0 Å². The second-order valence-corrected chi connectivity index (χ2v) is 4.84. The second kappa shape index (κ2) is 5.25. The Labute approximate surface area is 108 Å². The molecule has 1 amide bonds. The second-order valence-electron chi connectivity index (χ2n) is 4.84. The van der Waals surface area contributed by atoms with E-state index in [1.165, 1.54) is 0 Å². The van der Waals surface area contributed by atoms with E-state index < -0.39 is 0 Å². The third-order valence-corrected chi connectivity index (χ3v) is 3.42. The predicted octanol–water partition coefficient (Wildman–Crippen LogP) is 1.85. The maximum Gasteiger partial charge on any atom is 0.405 e. The number of Topliss-reactive ketones (excluding diaryl/α,β-unsaturated/α-hetero) is 1. The van der Waals surface area contributed by atoms with E-state index in [0.717, 1.165) is 23.1 Å². The summed E-state index contributed by atoms with van der Waals surface area (Å²) in [7, 11) is 0. The van der Waals surface area contributed by atoms with Gasteiger partial charge in [0.05, 0.1) is 13.1 Å². The van der Waals surface area contributed by atoms with Gasteiger partial charge in [-0.05, 0) is 30.5 Å². The van der Waals surface area contributed by atoms with E-state index in [0.29, 0.717) is 13.0 Å².